The first-order valence-corrected chi connectivity index (χ1v) is 7.00. The van der Waals surface area contributed by atoms with Gasteiger partial charge in [-0.25, -0.2) is 0 Å². The standard InChI is InChI=1S/C16H21NO5/c1-4-9-22-13-7-5-12(10-14(13)21-3)6-8-15(18)17-11(2)16(19)20/h5-8,10-11H,4,9H2,1-3H3,(H,17,18)(H,19,20)/b8-6+/t11-/m1/s1. The molecule has 2 N–H and O–H groups in total. The van der Waals surface area contributed by atoms with Crippen molar-refractivity contribution in [2.24, 2.45) is 0 Å². The molecule has 1 aromatic rings. The molecule has 0 unspecified atom stereocenters. The number of carboxylic acids is 1. The van der Waals surface area contributed by atoms with Gasteiger partial charge in [0, 0.05) is 6.08 Å². The summed E-state index contributed by atoms with van der Waals surface area (Å²) in [6, 6.07) is 4.37. The Hall–Kier alpha value is -2.50. The molecular formula is C16H21NO5. The highest BCUT2D eigenvalue weighted by atomic mass is 16.5. The summed E-state index contributed by atoms with van der Waals surface area (Å²) < 4.78 is 10.8. The predicted molar refractivity (Wildman–Crippen MR) is 83.1 cm³/mol. The van der Waals surface area contributed by atoms with Gasteiger partial charge in [-0.3, -0.25) is 9.59 Å². The molecule has 0 aliphatic heterocycles. The average Bonchev–Trinajstić information content (AvgIpc) is 2.50. The van der Waals surface area contributed by atoms with Crippen LogP contribution in [0.3, 0.4) is 0 Å². The third-order valence-corrected chi connectivity index (χ3v) is 2.81. The highest BCUT2D eigenvalue weighted by Gasteiger charge is 2.11. The third-order valence-electron chi connectivity index (χ3n) is 2.81. The van der Waals surface area contributed by atoms with E-state index in [0.717, 1.165) is 12.0 Å². The van der Waals surface area contributed by atoms with Crippen molar-refractivity contribution >= 4 is 18.0 Å². The van der Waals surface area contributed by atoms with E-state index >= 15 is 0 Å². The molecule has 1 amide bonds. The summed E-state index contributed by atoms with van der Waals surface area (Å²) in [5, 5.41) is 11.1. The fourth-order valence-electron chi connectivity index (χ4n) is 1.61. The largest absolute Gasteiger partial charge is 0.493 e. The van der Waals surface area contributed by atoms with Crippen molar-refractivity contribution in [2.75, 3.05) is 13.7 Å². The van der Waals surface area contributed by atoms with Gasteiger partial charge in [0.15, 0.2) is 11.5 Å². The Balaban J connectivity index is 2.74. The first-order chi connectivity index (χ1) is 10.5. The van der Waals surface area contributed by atoms with Gasteiger partial charge in [-0.2, -0.15) is 0 Å². The van der Waals surface area contributed by atoms with Crippen LogP contribution in [0.25, 0.3) is 6.08 Å². The number of carboxylic acid groups (broad SMARTS) is 1. The molecule has 0 spiro atoms. The van der Waals surface area contributed by atoms with Gasteiger partial charge in [0.05, 0.1) is 13.7 Å². The summed E-state index contributed by atoms with van der Waals surface area (Å²) in [4.78, 5) is 22.2. The minimum absolute atomic E-state index is 0.472. The van der Waals surface area contributed by atoms with Crippen molar-refractivity contribution in [2.45, 2.75) is 26.3 Å². The van der Waals surface area contributed by atoms with Crippen LogP contribution in [-0.4, -0.2) is 36.7 Å². The lowest BCUT2D eigenvalue weighted by Gasteiger charge is -2.10. The third kappa shape index (κ3) is 5.47. The molecule has 0 heterocycles. The fraction of sp³-hybridized carbons (Fsp3) is 0.375. The van der Waals surface area contributed by atoms with Crippen LogP contribution < -0.4 is 14.8 Å². The smallest absolute Gasteiger partial charge is 0.325 e. The number of hydrogen-bond acceptors (Lipinski definition) is 4. The highest BCUT2D eigenvalue weighted by molar-refractivity contribution is 5.94. The van der Waals surface area contributed by atoms with Gasteiger partial charge in [-0.05, 0) is 37.1 Å². The topological polar surface area (TPSA) is 84.9 Å². The van der Waals surface area contributed by atoms with Crippen LogP contribution in [0.4, 0.5) is 0 Å². The van der Waals surface area contributed by atoms with Crippen molar-refractivity contribution in [3.8, 4) is 11.5 Å². The maximum atomic E-state index is 11.6. The Bertz CT molecular complexity index is 553. The molecule has 0 aromatic heterocycles. The van der Waals surface area contributed by atoms with Gasteiger partial charge < -0.3 is 19.9 Å². The molecule has 0 fully saturated rings. The van der Waals surface area contributed by atoms with Crippen LogP contribution in [-0.2, 0) is 9.59 Å². The van der Waals surface area contributed by atoms with Gasteiger partial charge in [-0.15, -0.1) is 0 Å². The Morgan fingerprint density at radius 1 is 1.36 bits per heavy atom. The molecule has 22 heavy (non-hydrogen) atoms. The molecular weight excluding hydrogens is 286 g/mol. The SMILES string of the molecule is CCCOc1ccc(/C=C/C(=O)N[C@H](C)C(=O)O)cc1OC. The van der Waals surface area contributed by atoms with Crippen molar-refractivity contribution in [1.29, 1.82) is 0 Å². The summed E-state index contributed by atoms with van der Waals surface area (Å²) in [5.41, 5.74) is 0.749. The molecule has 0 aliphatic rings. The molecule has 0 saturated carbocycles. The van der Waals surface area contributed by atoms with E-state index < -0.39 is 17.9 Å². The molecule has 1 aromatic carbocycles. The number of methoxy groups -OCH3 is 1. The summed E-state index contributed by atoms with van der Waals surface area (Å²) in [6.45, 7) is 4.01. The summed E-state index contributed by atoms with van der Waals surface area (Å²) in [7, 11) is 1.54. The van der Waals surface area contributed by atoms with Crippen LogP contribution in [0, 0.1) is 0 Å². The highest BCUT2D eigenvalue weighted by Crippen LogP contribution is 2.28. The number of aliphatic carboxylic acids is 1. The van der Waals surface area contributed by atoms with E-state index in [9.17, 15) is 9.59 Å². The fourth-order valence-corrected chi connectivity index (χ4v) is 1.61. The van der Waals surface area contributed by atoms with E-state index in [2.05, 4.69) is 5.32 Å². The zero-order valence-electron chi connectivity index (χ0n) is 13.0. The second kappa shape index (κ2) is 8.71. The van der Waals surface area contributed by atoms with Crippen molar-refractivity contribution in [1.82, 2.24) is 5.32 Å². The predicted octanol–water partition coefficient (Wildman–Crippen LogP) is 2.09. The van der Waals surface area contributed by atoms with Gasteiger partial charge >= 0.3 is 5.97 Å². The summed E-state index contributed by atoms with van der Waals surface area (Å²) >= 11 is 0. The number of carbonyl (C=O) groups is 2. The monoisotopic (exact) mass is 307 g/mol. The first kappa shape index (κ1) is 17.6. The second-order valence-corrected chi connectivity index (χ2v) is 4.66. The van der Waals surface area contributed by atoms with E-state index in [1.165, 1.54) is 13.0 Å². The van der Waals surface area contributed by atoms with Crippen LogP contribution in [0.5, 0.6) is 11.5 Å². The van der Waals surface area contributed by atoms with Crippen molar-refractivity contribution < 1.29 is 24.2 Å². The number of rotatable bonds is 8. The van der Waals surface area contributed by atoms with E-state index in [4.69, 9.17) is 14.6 Å². The molecule has 0 bridgehead atoms. The number of nitrogens with one attached hydrogen (secondary N) is 1. The van der Waals surface area contributed by atoms with Crippen molar-refractivity contribution in [3.05, 3.63) is 29.8 Å². The number of ether oxygens (including phenoxy) is 2. The molecule has 6 heteroatoms. The summed E-state index contributed by atoms with van der Waals surface area (Å²) in [5.74, 6) is -0.332. The molecule has 0 radical (unpaired) electrons. The van der Waals surface area contributed by atoms with Gasteiger partial charge in [0.1, 0.15) is 6.04 Å². The van der Waals surface area contributed by atoms with Crippen LogP contribution >= 0.6 is 0 Å². The second-order valence-electron chi connectivity index (χ2n) is 4.66. The molecule has 1 rings (SSSR count). The molecule has 0 aliphatic carbocycles. The van der Waals surface area contributed by atoms with Gasteiger partial charge in [0.2, 0.25) is 5.91 Å². The van der Waals surface area contributed by atoms with Gasteiger partial charge in [-0.1, -0.05) is 13.0 Å². The first-order valence-electron chi connectivity index (χ1n) is 7.00. The maximum Gasteiger partial charge on any atom is 0.325 e. The quantitative estimate of drug-likeness (QED) is 0.718. The molecule has 6 nitrogen and oxygen atoms in total. The molecule has 1 atom stereocenters. The number of carbonyl (C=O) groups excluding carboxylic acids is 1. The van der Waals surface area contributed by atoms with Crippen molar-refractivity contribution in [3.63, 3.8) is 0 Å². The number of hydrogen-bond donors (Lipinski definition) is 2. The Morgan fingerprint density at radius 2 is 2.09 bits per heavy atom. The Labute approximate surface area is 129 Å². The maximum absolute atomic E-state index is 11.6. The zero-order valence-corrected chi connectivity index (χ0v) is 13.0. The van der Waals surface area contributed by atoms with Crippen LogP contribution in [0.2, 0.25) is 0 Å². The zero-order chi connectivity index (χ0) is 16.5. The Kier molecular flexibility index (Phi) is 6.95. The lowest BCUT2D eigenvalue weighted by molar-refractivity contribution is -0.140. The van der Waals surface area contributed by atoms with Crippen LogP contribution in [0.1, 0.15) is 25.8 Å². The minimum atomic E-state index is -1.08. The van der Waals surface area contributed by atoms with E-state index in [1.54, 1.807) is 31.4 Å². The normalized spacial score (nSPS) is 12.0. The lowest BCUT2D eigenvalue weighted by Crippen LogP contribution is -2.37. The minimum Gasteiger partial charge on any atom is -0.493 e. The molecule has 0 saturated heterocycles. The lowest BCUT2D eigenvalue weighted by atomic mass is 10.2. The number of amides is 1. The Morgan fingerprint density at radius 3 is 2.68 bits per heavy atom. The number of benzene rings is 1. The molecule has 120 valence electrons. The van der Waals surface area contributed by atoms with Crippen LogP contribution in [0.15, 0.2) is 24.3 Å². The summed E-state index contributed by atoms with van der Waals surface area (Å²) in [6.07, 6.45) is 3.75. The van der Waals surface area contributed by atoms with E-state index in [0.29, 0.717) is 18.1 Å². The van der Waals surface area contributed by atoms with Gasteiger partial charge in [0.25, 0.3) is 0 Å². The van der Waals surface area contributed by atoms with E-state index in [1.807, 2.05) is 6.92 Å². The average molecular weight is 307 g/mol. The van der Waals surface area contributed by atoms with E-state index in [-0.39, 0.29) is 0 Å².